The van der Waals surface area contributed by atoms with E-state index in [9.17, 15) is 0 Å². The zero-order valence-corrected chi connectivity index (χ0v) is 18.2. The monoisotopic (exact) mass is 492 g/mol. The molecule has 0 saturated carbocycles. The topological polar surface area (TPSA) is 76.4 Å². The van der Waals surface area contributed by atoms with Gasteiger partial charge in [0.15, 0.2) is 5.96 Å². The highest BCUT2D eigenvalue weighted by Gasteiger charge is 2.03. The van der Waals surface area contributed by atoms with Crippen LogP contribution in [0.25, 0.3) is 0 Å². The number of ether oxygens (including phenoxy) is 1. The van der Waals surface area contributed by atoms with E-state index in [4.69, 9.17) is 16.3 Å². The summed E-state index contributed by atoms with van der Waals surface area (Å²) < 4.78 is 7.12. The summed E-state index contributed by atoms with van der Waals surface area (Å²) >= 11 is 6.19. The van der Waals surface area contributed by atoms with Gasteiger partial charge in [0.25, 0.3) is 0 Å². The Morgan fingerprint density at radius 1 is 1.27 bits per heavy atom. The van der Waals surface area contributed by atoms with Crippen LogP contribution in [0.4, 0.5) is 0 Å². The van der Waals surface area contributed by atoms with Crippen molar-refractivity contribution >= 4 is 41.5 Å². The number of guanidine groups is 1. The molecular weight excluding hydrogens is 467 g/mol. The summed E-state index contributed by atoms with van der Waals surface area (Å²) in [6, 6.07) is 7.72. The summed E-state index contributed by atoms with van der Waals surface area (Å²) in [5, 5.41) is 15.3. The van der Waals surface area contributed by atoms with Crippen LogP contribution in [-0.4, -0.2) is 47.5 Å². The zero-order valence-electron chi connectivity index (χ0n) is 15.1. The second kappa shape index (κ2) is 12.9. The number of aromatic nitrogens is 3. The molecule has 1 aromatic heterocycles. The van der Waals surface area contributed by atoms with Crippen molar-refractivity contribution in [2.75, 3.05) is 26.8 Å². The van der Waals surface area contributed by atoms with Gasteiger partial charge < -0.3 is 19.9 Å². The fourth-order valence-corrected chi connectivity index (χ4v) is 2.47. The van der Waals surface area contributed by atoms with Crippen LogP contribution < -0.4 is 10.6 Å². The Morgan fingerprint density at radius 2 is 2.04 bits per heavy atom. The van der Waals surface area contributed by atoms with Crippen molar-refractivity contribution in [3.8, 4) is 0 Å². The van der Waals surface area contributed by atoms with E-state index in [-0.39, 0.29) is 24.0 Å². The summed E-state index contributed by atoms with van der Waals surface area (Å²) in [6.45, 7) is 5.35. The Labute approximate surface area is 176 Å². The summed E-state index contributed by atoms with van der Waals surface area (Å²) in [4.78, 5) is 4.60. The molecule has 7 nitrogen and oxygen atoms in total. The molecule has 9 heteroatoms. The number of aryl methyl sites for hydroxylation is 1. The van der Waals surface area contributed by atoms with E-state index >= 15 is 0 Å². The van der Waals surface area contributed by atoms with Crippen molar-refractivity contribution in [3.63, 3.8) is 0 Å². The van der Waals surface area contributed by atoms with Crippen LogP contribution in [0.15, 0.2) is 35.6 Å². The second-order valence-corrected chi connectivity index (χ2v) is 5.80. The van der Waals surface area contributed by atoms with Gasteiger partial charge in [-0.15, -0.1) is 34.2 Å². The first kappa shape index (κ1) is 22.7. The summed E-state index contributed by atoms with van der Waals surface area (Å²) in [5.74, 6) is 1.70. The SMILES string of the molecule is CCc1nncn1CCNC(=NCc1ccccc1Cl)NCCOC.I. The number of rotatable bonds is 9. The molecule has 0 saturated heterocycles. The highest BCUT2D eigenvalue weighted by atomic mass is 127. The quantitative estimate of drug-likeness (QED) is 0.243. The summed E-state index contributed by atoms with van der Waals surface area (Å²) in [6.07, 6.45) is 2.61. The molecule has 0 atom stereocenters. The summed E-state index contributed by atoms with van der Waals surface area (Å²) in [5.41, 5.74) is 0.990. The van der Waals surface area contributed by atoms with Gasteiger partial charge in [0.05, 0.1) is 13.2 Å². The van der Waals surface area contributed by atoms with Crippen LogP contribution in [0.3, 0.4) is 0 Å². The van der Waals surface area contributed by atoms with Crippen LogP contribution in [-0.2, 0) is 24.2 Å². The minimum Gasteiger partial charge on any atom is -0.383 e. The average Bonchev–Trinajstić information content (AvgIpc) is 3.08. The fraction of sp³-hybridized carbons (Fsp3) is 0.471. The lowest BCUT2D eigenvalue weighted by Gasteiger charge is -2.13. The first-order valence-corrected chi connectivity index (χ1v) is 8.73. The normalized spacial score (nSPS) is 11.1. The van der Waals surface area contributed by atoms with Gasteiger partial charge in [0, 0.05) is 38.2 Å². The van der Waals surface area contributed by atoms with Gasteiger partial charge in [-0.1, -0.05) is 36.7 Å². The molecule has 26 heavy (non-hydrogen) atoms. The average molecular weight is 493 g/mol. The van der Waals surface area contributed by atoms with Gasteiger partial charge in [-0.3, -0.25) is 0 Å². The van der Waals surface area contributed by atoms with Crippen LogP contribution in [0.5, 0.6) is 0 Å². The molecule has 144 valence electrons. The Bertz CT molecular complexity index is 679. The smallest absolute Gasteiger partial charge is 0.191 e. The maximum atomic E-state index is 6.19. The molecule has 1 heterocycles. The molecule has 0 fully saturated rings. The van der Waals surface area contributed by atoms with Gasteiger partial charge in [0.1, 0.15) is 12.2 Å². The number of hydrogen-bond acceptors (Lipinski definition) is 4. The third kappa shape index (κ3) is 7.46. The van der Waals surface area contributed by atoms with Crippen molar-refractivity contribution in [3.05, 3.63) is 47.0 Å². The third-order valence-corrected chi connectivity index (χ3v) is 3.99. The number of nitrogens with zero attached hydrogens (tertiary/aromatic N) is 4. The predicted octanol–water partition coefficient (Wildman–Crippen LogP) is 2.49. The van der Waals surface area contributed by atoms with Crippen LogP contribution in [0, 0.1) is 0 Å². The van der Waals surface area contributed by atoms with Gasteiger partial charge in [-0.25, -0.2) is 4.99 Å². The number of aliphatic imine (C=N–C) groups is 1. The fourth-order valence-electron chi connectivity index (χ4n) is 2.27. The van der Waals surface area contributed by atoms with E-state index in [1.165, 1.54) is 0 Å². The zero-order chi connectivity index (χ0) is 17.9. The molecule has 0 aliphatic heterocycles. The number of nitrogens with one attached hydrogen (secondary N) is 2. The molecule has 0 radical (unpaired) electrons. The highest BCUT2D eigenvalue weighted by Crippen LogP contribution is 2.15. The van der Waals surface area contributed by atoms with Crippen molar-refractivity contribution < 1.29 is 4.74 Å². The first-order chi connectivity index (χ1) is 12.2. The first-order valence-electron chi connectivity index (χ1n) is 8.35. The standard InChI is InChI=1S/C17H25ClN6O.HI/c1-3-16-23-22-13-24(16)10-8-19-17(20-9-11-25-2)21-12-14-6-4-5-7-15(14)18;/h4-7,13H,3,8-12H2,1-2H3,(H2,19,20,21);1H. The molecule has 0 amide bonds. The minimum absolute atomic E-state index is 0. The Balaban J connectivity index is 0.00000338. The molecule has 0 spiro atoms. The van der Waals surface area contributed by atoms with Gasteiger partial charge in [-0.2, -0.15) is 0 Å². The predicted molar refractivity (Wildman–Crippen MR) is 115 cm³/mol. The van der Waals surface area contributed by atoms with Crippen LogP contribution in [0.1, 0.15) is 18.3 Å². The maximum Gasteiger partial charge on any atom is 0.191 e. The molecule has 2 N–H and O–H groups in total. The minimum atomic E-state index is 0. The summed E-state index contributed by atoms with van der Waals surface area (Å²) in [7, 11) is 1.67. The Kier molecular flexibility index (Phi) is 11.2. The van der Waals surface area contributed by atoms with E-state index in [0.29, 0.717) is 26.2 Å². The van der Waals surface area contributed by atoms with Crippen molar-refractivity contribution in [1.82, 2.24) is 25.4 Å². The van der Waals surface area contributed by atoms with E-state index in [1.54, 1.807) is 13.4 Å². The number of benzene rings is 1. The van der Waals surface area contributed by atoms with Crippen LogP contribution in [0.2, 0.25) is 5.02 Å². The van der Waals surface area contributed by atoms with Gasteiger partial charge in [-0.05, 0) is 11.6 Å². The number of methoxy groups -OCH3 is 1. The van der Waals surface area contributed by atoms with Crippen molar-refractivity contribution in [2.45, 2.75) is 26.4 Å². The molecule has 0 bridgehead atoms. The lowest BCUT2D eigenvalue weighted by Crippen LogP contribution is -2.40. The molecule has 2 rings (SSSR count). The second-order valence-electron chi connectivity index (χ2n) is 5.40. The lowest BCUT2D eigenvalue weighted by atomic mass is 10.2. The molecule has 0 aliphatic carbocycles. The molecular formula is C17H26ClIN6O. The van der Waals surface area contributed by atoms with E-state index < -0.39 is 0 Å². The van der Waals surface area contributed by atoms with Gasteiger partial charge in [0.2, 0.25) is 0 Å². The Hall–Kier alpha value is -1.39. The molecule has 0 unspecified atom stereocenters. The van der Waals surface area contributed by atoms with Crippen molar-refractivity contribution in [2.24, 2.45) is 4.99 Å². The van der Waals surface area contributed by atoms with E-state index in [2.05, 4.69) is 32.7 Å². The number of hydrogen-bond donors (Lipinski definition) is 2. The van der Waals surface area contributed by atoms with E-state index in [1.807, 2.05) is 28.8 Å². The third-order valence-electron chi connectivity index (χ3n) is 3.62. The molecule has 0 aliphatic rings. The lowest BCUT2D eigenvalue weighted by molar-refractivity contribution is 0.203. The van der Waals surface area contributed by atoms with E-state index in [0.717, 1.165) is 35.3 Å². The van der Waals surface area contributed by atoms with Gasteiger partial charge >= 0.3 is 0 Å². The van der Waals surface area contributed by atoms with Crippen molar-refractivity contribution in [1.29, 1.82) is 0 Å². The molecule has 1 aromatic carbocycles. The highest BCUT2D eigenvalue weighted by molar-refractivity contribution is 14.0. The van der Waals surface area contributed by atoms with Crippen LogP contribution >= 0.6 is 35.6 Å². The maximum absolute atomic E-state index is 6.19. The molecule has 2 aromatic rings. The Morgan fingerprint density at radius 3 is 2.77 bits per heavy atom. The largest absolute Gasteiger partial charge is 0.383 e. The number of halogens is 2.